The molecule has 2 atom stereocenters. The van der Waals surface area contributed by atoms with E-state index in [4.69, 9.17) is 15.6 Å². The Labute approximate surface area is 123 Å². The number of carbonyl (C=O) groups is 1. The summed E-state index contributed by atoms with van der Waals surface area (Å²) < 4.78 is 32.5. The lowest BCUT2D eigenvalue weighted by molar-refractivity contribution is 0.0697. The van der Waals surface area contributed by atoms with Crippen LogP contribution < -0.4 is 10.5 Å². The van der Waals surface area contributed by atoms with E-state index in [1.165, 1.54) is 12.1 Å². The minimum Gasteiger partial charge on any atom is -0.478 e. The lowest BCUT2D eigenvalue weighted by atomic mass is 10.2. The lowest BCUT2D eigenvalue weighted by Crippen LogP contribution is -2.40. The molecule has 0 spiro atoms. The quantitative estimate of drug-likeness (QED) is 0.692. The maximum Gasteiger partial charge on any atom is 0.335 e. The average molecular weight is 314 g/mol. The highest BCUT2D eigenvalue weighted by Gasteiger charge is 2.32. The Morgan fingerprint density at radius 2 is 2.14 bits per heavy atom. The normalized spacial score (nSPS) is 22.3. The van der Waals surface area contributed by atoms with Crippen LogP contribution in [0.15, 0.2) is 23.1 Å². The van der Waals surface area contributed by atoms with Crippen LogP contribution in [0.3, 0.4) is 0 Å². The largest absolute Gasteiger partial charge is 0.478 e. The van der Waals surface area contributed by atoms with Crippen LogP contribution in [0.4, 0.5) is 5.69 Å². The van der Waals surface area contributed by atoms with Crippen LogP contribution in [0.25, 0.3) is 0 Å². The first-order chi connectivity index (χ1) is 9.85. The van der Waals surface area contributed by atoms with Gasteiger partial charge in [-0.3, -0.25) is 0 Å². The molecule has 8 heteroatoms. The van der Waals surface area contributed by atoms with E-state index in [1.54, 1.807) is 7.11 Å². The molecule has 1 aliphatic carbocycles. The maximum atomic E-state index is 12.4. The summed E-state index contributed by atoms with van der Waals surface area (Å²) in [5.41, 5.74) is 5.53. The number of nitrogen functional groups attached to an aromatic ring is 1. The maximum absolute atomic E-state index is 12.4. The second-order valence-electron chi connectivity index (χ2n) is 4.99. The van der Waals surface area contributed by atoms with Crippen LogP contribution >= 0.6 is 0 Å². The first-order valence-electron chi connectivity index (χ1n) is 6.53. The molecule has 1 aromatic rings. The van der Waals surface area contributed by atoms with Crippen molar-refractivity contribution in [1.29, 1.82) is 0 Å². The van der Waals surface area contributed by atoms with Gasteiger partial charge in [-0.05, 0) is 37.5 Å². The van der Waals surface area contributed by atoms with Gasteiger partial charge < -0.3 is 15.6 Å². The van der Waals surface area contributed by atoms with Crippen molar-refractivity contribution in [3.8, 4) is 0 Å². The Morgan fingerprint density at radius 1 is 1.43 bits per heavy atom. The number of carboxylic acid groups (broad SMARTS) is 1. The molecule has 0 aliphatic heterocycles. The number of hydrogen-bond acceptors (Lipinski definition) is 5. The minimum atomic E-state index is -3.81. The van der Waals surface area contributed by atoms with Crippen LogP contribution in [-0.4, -0.2) is 38.7 Å². The molecule has 0 radical (unpaired) electrons. The Morgan fingerprint density at radius 3 is 2.71 bits per heavy atom. The molecule has 1 aliphatic rings. The van der Waals surface area contributed by atoms with Crippen molar-refractivity contribution in [2.24, 2.45) is 0 Å². The molecule has 21 heavy (non-hydrogen) atoms. The fourth-order valence-electron chi connectivity index (χ4n) is 2.53. The van der Waals surface area contributed by atoms with Gasteiger partial charge in [-0.2, -0.15) is 0 Å². The van der Waals surface area contributed by atoms with Crippen molar-refractivity contribution in [2.45, 2.75) is 36.3 Å². The summed E-state index contributed by atoms with van der Waals surface area (Å²) in [6.45, 7) is 0. The smallest absolute Gasteiger partial charge is 0.335 e. The summed E-state index contributed by atoms with van der Waals surface area (Å²) in [5.74, 6) is -1.16. The number of ether oxygens (including phenoxy) is 1. The molecule has 1 aromatic carbocycles. The van der Waals surface area contributed by atoms with Gasteiger partial charge in [0.2, 0.25) is 10.0 Å². The Bertz CT molecular complexity index is 644. The third kappa shape index (κ3) is 3.34. The molecule has 2 rings (SSSR count). The van der Waals surface area contributed by atoms with Gasteiger partial charge in [-0.1, -0.05) is 0 Å². The van der Waals surface area contributed by atoms with Crippen molar-refractivity contribution >= 4 is 21.7 Å². The molecule has 1 saturated carbocycles. The predicted molar refractivity (Wildman–Crippen MR) is 76.6 cm³/mol. The highest BCUT2D eigenvalue weighted by molar-refractivity contribution is 7.89. The topological polar surface area (TPSA) is 119 Å². The van der Waals surface area contributed by atoms with E-state index in [0.29, 0.717) is 6.42 Å². The third-order valence-corrected chi connectivity index (χ3v) is 5.17. The SMILES string of the molecule is COC1CCCC1NS(=O)(=O)c1ccc(C(=O)O)cc1N. The standard InChI is InChI=1S/C13H18N2O5S/c1-20-11-4-2-3-10(11)15-21(18,19)12-6-5-8(13(16)17)7-9(12)14/h5-7,10-11,15H,2-4,14H2,1H3,(H,16,17). The molecule has 116 valence electrons. The van der Waals surface area contributed by atoms with E-state index in [2.05, 4.69) is 4.72 Å². The first kappa shape index (κ1) is 15.7. The molecule has 2 unspecified atom stereocenters. The van der Waals surface area contributed by atoms with Crippen molar-refractivity contribution in [2.75, 3.05) is 12.8 Å². The number of benzene rings is 1. The molecule has 1 fully saturated rings. The van der Waals surface area contributed by atoms with Crippen LogP contribution in [0.2, 0.25) is 0 Å². The lowest BCUT2D eigenvalue weighted by Gasteiger charge is -2.20. The number of rotatable bonds is 5. The summed E-state index contributed by atoms with van der Waals surface area (Å²) in [6.07, 6.45) is 2.24. The number of aromatic carboxylic acids is 1. The molecule has 0 bridgehead atoms. The van der Waals surface area contributed by atoms with Crippen molar-refractivity contribution in [3.05, 3.63) is 23.8 Å². The van der Waals surface area contributed by atoms with Gasteiger partial charge in [0.05, 0.1) is 17.4 Å². The molecule has 0 amide bonds. The number of nitrogens with two attached hydrogens (primary N) is 1. The number of carboxylic acids is 1. The highest BCUT2D eigenvalue weighted by Crippen LogP contribution is 2.25. The van der Waals surface area contributed by atoms with E-state index in [0.717, 1.165) is 18.9 Å². The van der Waals surface area contributed by atoms with E-state index in [1.807, 2.05) is 0 Å². The zero-order valence-corrected chi connectivity index (χ0v) is 12.4. The number of anilines is 1. The monoisotopic (exact) mass is 314 g/mol. The van der Waals surface area contributed by atoms with Crippen LogP contribution in [0.1, 0.15) is 29.6 Å². The van der Waals surface area contributed by atoms with Gasteiger partial charge in [0.1, 0.15) is 4.90 Å². The second-order valence-corrected chi connectivity index (χ2v) is 6.67. The summed E-state index contributed by atoms with van der Waals surface area (Å²) in [4.78, 5) is 10.7. The number of sulfonamides is 1. The zero-order chi connectivity index (χ0) is 15.6. The minimum absolute atomic E-state index is 0.0536. The van der Waals surface area contributed by atoms with Gasteiger partial charge in [-0.25, -0.2) is 17.9 Å². The van der Waals surface area contributed by atoms with Gasteiger partial charge in [-0.15, -0.1) is 0 Å². The predicted octanol–water partition coefficient (Wildman–Crippen LogP) is 0.813. The van der Waals surface area contributed by atoms with E-state index >= 15 is 0 Å². The van der Waals surface area contributed by atoms with Crippen molar-refractivity contribution in [1.82, 2.24) is 4.72 Å². The summed E-state index contributed by atoms with van der Waals surface area (Å²) in [7, 11) is -2.26. The fourth-order valence-corrected chi connectivity index (χ4v) is 3.94. The Hall–Kier alpha value is -1.64. The number of hydrogen-bond donors (Lipinski definition) is 3. The summed E-state index contributed by atoms with van der Waals surface area (Å²) >= 11 is 0. The second kappa shape index (κ2) is 6.00. The van der Waals surface area contributed by atoms with Crippen molar-refractivity contribution < 1.29 is 23.1 Å². The van der Waals surface area contributed by atoms with Crippen LogP contribution in [-0.2, 0) is 14.8 Å². The molecule has 0 saturated heterocycles. The van der Waals surface area contributed by atoms with E-state index < -0.39 is 16.0 Å². The van der Waals surface area contributed by atoms with Gasteiger partial charge in [0.15, 0.2) is 0 Å². The Kier molecular flexibility index (Phi) is 4.50. The average Bonchev–Trinajstić information content (AvgIpc) is 2.84. The number of methoxy groups -OCH3 is 1. The molecular weight excluding hydrogens is 296 g/mol. The summed E-state index contributed by atoms with van der Waals surface area (Å²) in [5, 5.41) is 8.86. The Balaban J connectivity index is 2.25. The van der Waals surface area contributed by atoms with Crippen molar-refractivity contribution in [3.63, 3.8) is 0 Å². The summed E-state index contributed by atoms with van der Waals surface area (Å²) in [6, 6.07) is 3.27. The number of nitrogens with one attached hydrogen (secondary N) is 1. The third-order valence-electron chi connectivity index (χ3n) is 3.61. The molecule has 0 heterocycles. The fraction of sp³-hybridized carbons (Fsp3) is 0.462. The van der Waals surface area contributed by atoms with E-state index in [-0.39, 0.29) is 28.3 Å². The molecule has 0 aromatic heterocycles. The molecular formula is C13H18N2O5S. The van der Waals surface area contributed by atoms with Crippen LogP contribution in [0.5, 0.6) is 0 Å². The molecule has 4 N–H and O–H groups in total. The first-order valence-corrected chi connectivity index (χ1v) is 8.01. The van der Waals surface area contributed by atoms with E-state index in [9.17, 15) is 13.2 Å². The highest BCUT2D eigenvalue weighted by atomic mass is 32.2. The molecule has 7 nitrogen and oxygen atoms in total. The van der Waals surface area contributed by atoms with Gasteiger partial charge in [0, 0.05) is 13.2 Å². The van der Waals surface area contributed by atoms with Gasteiger partial charge in [0.25, 0.3) is 0 Å². The zero-order valence-electron chi connectivity index (χ0n) is 11.6. The van der Waals surface area contributed by atoms with Gasteiger partial charge >= 0.3 is 5.97 Å². The van der Waals surface area contributed by atoms with Crippen LogP contribution in [0, 0.1) is 0 Å².